The van der Waals surface area contributed by atoms with Crippen molar-refractivity contribution in [2.75, 3.05) is 12.3 Å². The summed E-state index contributed by atoms with van der Waals surface area (Å²) >= 11 is 9.50. The Hall–Kier alpha value is -2.22. The van der Waals surface area contributed by atoms with E-state index in [1.165, 1.54) is 0 Å². The summed E-state index contributed by atoms with van der Waals surface area (Å²) in [6, 6.07) is 13.5. The van der Waals surface area contributed by atoms with Gasteiger partial charge in [0.25, 0.3) is 5.91 Å². The van der Waals surface area contributed by atoms with Crippen molar-refractivity contribution in [3.05, 3.63) is 75.6 Å². The Balaban J connectivity index is 1.59. The summed E-state index contributed by atoms with van der Waals surface area (Å²) in [5.41, 5.74) is 4.40. The van der Waals surface area contributed by atoms with Gasteiger partial charge in [0.05, 0.1) is 16.9 Å². The van der Waals surface area contributed by atoms with Crippen LogP contribution < -0.4 is 0 Å². The van der Waals surface area contributed by atoms with Gasteiger partial charge in [-0.15, -0.1) is 11.8 Å². The second kappa shape index (κ2) is 10.1. The van der Waals surface area contributed by atoms with E-state index in [4.69, 9.17) is 21.1 Å². The van der Waals surface area contributed by atoms with Crippen LogP contribution in [0.1, 0.15) is 39.4 Å². The summed E-state index contributed by atoms with van der Waals surface area (Å²) in [5, 5.41) is 5.42. The maximum absolute atomic E-state index is 13.6. The van der Waals surface area contributed by atoms with Crippen LogP contribution in [0.2, 0.25) is 5.02 Å². The number of aryl methyl sites for hydroxylation is 3. The van der Waals surface area contributed by atoms with Gasteiger partial charge in [-0.1, -0.05) is 46.7 Å². The predicted molar refractivity (Wildman–Crippen MR) is 133 cm³/mol. The Morgan fingerprint density at radius 1 is 1.25 bits per heavy atom. The van der Waals surface area contributed by atoms with E-state index < -0.39 is 0 Å². The van der Waals surface area contributed by atoms with Crippen LogP contribution in [0.4, 0.5) is 5.69 Å². The molecule has 2 heterocycles. The van der Waals surface area contributed by atoms with Crippen LogP contribution in [-0.2, 0) is 5.75 Å². The molecule has 0 saturated carbocycles. The Bertz CT molecular complexity index is 1160. The molecule has 1 aromatic heterocycles. The minimum Gasteiger partial charge on any atom is -0.361 e. The van der Waals surface area contributed by atoms with Crippen molar-refractivity contribution in [2.45, 2.75) is 37.8 Å². The van der Waals surface area contributed by atoms with Crippen molar-refractivity contribution < 1.29 is 9.32 Å². The Morgan fingerprint density at radius 3 is 2.81 bits per heavy atom. The van der Waals surface area contributed by atoms with Crippen molar-refractivity contribution in [3.63, 3.8) is 0 Å². The average molecular weight is 486 g/mol. The second-order valence-electron chi connectivity index (χ2n) is 7.57. The highest BCUT2D eigenvalue weighted by Gasteiger charge is 2.26. The quantitative estimate of drug-likeness (QED) is 0.371. The molecule has 0 spiro atoms. The normalized spacial score (nSPS) is 15.4. The number of rotatable bonds is 5. The lowest BCUT2D eigenvalue weighted by molar-refractivity contribution is 0.0846. The number of hydrogen-bond donors (Lipinski definition) is 0. The highest BCUT2D eigenvalue weighted by atomic mass is 35.5. The van der Waals surface area contributed by atoms with Crippen molar-refractivity contribution in [3.8, 4) is 0 Å². The van der Waals surface area contributed by atoms with Gasteiger partial charge in [0.15, 0.2) is 5.17 Å². The molecule has 0 atom stereocenters. The molecular formula is C24H24ClN3O2S2. The van der Waals surface area contributed by atoms with E-state index in [0.717, 1.165) is 45.3 Å². The SMILES string of the molecule is Cc1ccc(N=C2SCCCN2C(=O)c2ccccc2SCc2c(C)noc2C)cc1Cl. The molecule has 1 aliphatic heterocycles. The van der Waals surface area contributed by atoms with E-state index >= 15 is 0 Å². The number of amides is 1. The van der Waals surface area contributed by atoms with Crippen molar-refractivity contribution in [2.24, 2.45) is 4.99 Å². The first-order valence-corrected chi connectivity index (χ1v) is 12.7. The third-order valence-corrected chi connectivity index (χ3v) is 7.85. The molecular weight excluding hydrogens is 462 g/mol. The van der Waals surface area contributed by atoms with Crippen LogP contribution >= 0.6 is 35.1 Å². The van der Waals surface area contributed by atoms with Crippen LogP contribution in [0.3, 0.4) is 0 Å². The maximum atomic E-state index is 13.6. The van der Waals surface area contributed by atoms with Crippen LogP contribution in [0.15, 0.2) is 56.9 Å². The fourth-order valence-electron chi connectivity index (χ4n) is 3.37. The Morgan fingerprint density at radius 2 is 2.06 bits per heavy atom. The summed E-state index contributed by atoms with van der Waals surface area (Å²) < 4.78 is 5.28. The lowest BCUT2D eigenvalue weighted by atomic mass is 10.2. The van der Waals surface area contributed by atoms with E-state index in [1.54, 1.807) is 28.4 Å². The van der Waals surface area contributed by atoms with Gasteiger partial charge in [0.2, 0.25) is 0 Å². The molecule has 0 unspecified atom stereocenters. The smallest absolute Gasteiger partial charge is 0.260 e. The predicted octanol–water partition coefficient (Wildman–Crippen LogP) is 6.81. The van der Waals surface area contributed by atoms with Crippen LogP contribution in [-0.4, -0.2) is 33.4 Å². The first-order chi connectivity index (χ1) is 15.4. The molecule has 1 saturated heterocycles. The number of carbonyl (C=O) groups excluding carboxylic acids is 1. The molecule has 1 fully saturated rings. The Kier molecular flexibility index (Phi) is 7.28. The van der Waals surface area contributed by atoms with Crippen molar-refractivity contribution in [1.82, 2.24) is 10.1 Å². The lowest BCUT2D eigenvalue weighted by Gasteiger charge is -2.28. The third kappa shape index (κ3) is 5.05. The molecule has 0 radical (unpaired) electrons. The number of hydrogen-bond acceptors (Lipinski definition) is 6. The van der Waals surface area contributed by atoms with E-state index in [0.29, 0.717) is 28.1 Å². The minimum atomic E-state index is -0.0315. The summed E-state index contributed by atoms with van der Waals surface area (Å²) in [4.78, 5) is 21.1. The molecule has 8 heteroatoms. The van der Waals surface area contributed by atoms with Gasteiger partial charge in [-0.05, 0) is 57.0 Å². The maximum Gasteiger partial charge on any atom is 0.260 e. The molecule has 166 valence electrons. The van der Waals surface area contributed by atoms with Crippen LogP contribution in [0.25, 0.3) is 0 Å². The zero-order valence-corrected chi connectivity index (χ0v) is 20.6. The minimum absolute atomic E-state index is 0.0315. The number of amidine groups is 1. The van der Waals surface area contributed by atoms with Gasteiger partial charge >= 0.3 is 0 Å². The number of halogens is 1. The van der Waals surface area contributed by atoms with E-state index in [9.17, 15) is 4.79 Å². The van der Waals surface area contributed by atoms with E-state index in [1.807, 2.05) is 63.2 Å². The number of aliphatic imine (C=N–C) groups is 1. The molecule has 1 amide bonds. The molecule has 2 aromatic carbocycles. The van der Waals surface area contributed by atoms with Crippen molar-refractivity contribution in [1.29, 1.82) is 0 Å². The first-order valence-electron chi connectivity index (χ1n) is 10.4. The molecule has 0 bridgehead atoms. The third-order valence-electron chi connectivity index (χ3n) is 5.28. The fourth-order valence-corrected chi connectivity index (χ4v) is 5.70. The van der Waals surface area contributed by atoms with E-state index in [-0.39, 0.29) is 5.91 Å². The Labute approximate surface area is 201 Å². The molecule has 5 nitrogen and oxygen atoms in total. The highest BCUT2D eigenvalue weighted by Crippen LogP contribution is 2.32. The van der Waals surface area contributed by atoms with Crippen molar-refractivity contribution >= 4 is 51.9 Å². The number of carbonyl (C=O) groups is 1. The molecule has 0 N–H and O–H groups in total. The van der Waals surface area contributed by atoms with E-state index in [2.05, 4.69) is 5.16 Å². The number of thioether (sulfide) groups is 2. The second-order valence-corrected chi connectivity index (χ2v) is 10.1. The largest absolute Gasteiger partial charge is 0.361 e. The molecule has 32 heavy (non-hydrogen) atoms. The number of nitrogens with zero attached hydrogens (tertiary/aromatic N) is 3. The first kappa shape index (κ1) is 23.0. The van der Waals surface area contributed by atoms with Crippen LogP contribution in [0.5, 0.6) is 0 Å². The standard InChI is InChI=1S/C24H24ClN3O2S2/c1-15-9-10-18(13-21(15)25)26-24-28(11-6-12-31-24)23(29)19-7-4-5-8-22(19)32-14-20-16(2)27-30-17(20)3/h4-5,7-10,13H,6,11-12,14H2,1-3H3. The topological polar surface area (TPSA) is 58.7 Å². The zero-order chi connectivity index (χ0) is 22.7. The molecule has 0 aliphatic carbocycles. The molecule has 3 aromatic rings. The monoisotopic (exact) mass is 485 g/mol. The molecule has 4 rings (SSSR count). The van der Waals surface area contributed by atoms with Gasteiger partial charge in [0.1, 0.15) is 5.76 Å². The van der Waals surface area contributed by atoms with Crippen LogP contribution in [0, 0.1) is 20.8 Å². The zero-order valence-electron chi connectivity index (χ0n) is 18.2. The van der Waals surface area contributed by atoms with Gasteiger partial charge in [-0.3, -0.25) is 9.69 Å². The summed E-state index contributed by atoms with van der Waals surface area (Å²) in [7, 11) is 0. The van der Waals surface area contributed by atoms with Gasteiger partial charge in [0, 0.05) is 33.5 Å². The van der Waals surface area contributed by atoms with Gasteiger partial charge in [-0.25, -0.2) is 4.99 Å². The molecule has 1 aliphatic rings. The number of benzene rings is 2. The summed E-state index contributed by atoms with van der Waals surface area (Å²) in [6.45, 7) is 6.46. The summed E-state index contributed by atoms with van der Waals surface area (Å²) in [5.74, 6) is 2.42. The van der Waals surface area contributed by atoms with Gasteiger partial charge in [-0.2, -0.15) is 0 Å². The lowest BCUT2D eigenvalue weighted by Crippen LogP contribution is -2.39. The summed E-state index contributed by atoms with van der Waals surface area (Å²) in [6.07, 6.45) is 0.929. The highest BCUT2D eigenvalue weighted by molar-refractivity contribution is 8.13. The average Bonchev–Trinajstić information content (AvgIpc) is 3.12. The fraction of sp³-hybridized carbons (Fsp3) is 0.292. The van der Waals surface area contributed by atoms with Gasteiger partial charge < -0.3 is 4.52 Å². The number of aromatic nitrogens is 1.